The zero-order valence-corrected chi connectivity index (χ0v) is 50.7. The van der Waals surface area contributed by atoms with E-state index in [-0.39, 0.29) is 0 Å². The first-order valence-electron chi connectivity index (χ1n) is 32.1. The number of nitriles is 1. The van der Waals surface area contributed by atoms with Crippen LogP contribution < -0.4 is 0 Å². The highest BCUT2D eigenvalue weighted by Crippen LogP contribution is 2.54. The second kappa shape index (κ2) is 20.1. The summed E-state index contributed by atoms with van der Waals surface area (Å²) in [5, 5.41) is 31.2. The van der Waals surface area contributed by atoms with Crippen LogP contribution in [0.4, 0.5) is 0 Å². The summed E-state index contributed by atoms with van der Waals surface area (Å²) in [4.78, 5) is 5.62. The molecule has 0 amide bonds. The zero-order chi connectivity index (χ0) is 61.7. The lowest BCUT2D eigenvalue weighted by Crippen LogP contribution is -2.17. The first-order valence-corrected chi connectivity index (χ1v) is 32.1. The van der Waals surface area contributed by atoms with Crippen molar-refractivity contribution < 1.29 is 0 Å². The molecular weight excluding hydrogens is 1140 g/mol. The molecule has 0 bridgehead atoms. The fourth-order valence-corrected chi connectivity index (χ4v) is 16.0. The van der Waals surface area contributed by atoms with Crippen molar-refractivity contribution in [3.63, 3.8) is 0 Å². The Hall–Kier alpha value is -12.8. The van der Waals surface area contributed by atoms with Crippen molar-refractivity contribution in [2.45, 2.75) is 0 Å². The Labute approximate surface area is 539 Å². The third-order valence-electron chi connectivity index (χ3n) is 19.9. The highest BCUT2D eigenvalue weighted by atomic mass is 15.1. The molecule has 0 saturated heterocycles. The first kappa shape index (κ1) is 52.0. The Kier molecular flexibility index (Phi) is 11.1. The fourth-order valence-electron chi connectivity index (χ4n) is 16.0. The number of nitrogens with zero attached hydrogens (tertiary/aromatic N) is 6. The molecule has 0 spiro atoms. The molecule has 20 aromatic rings. The van der Waals surface area contributed by atoms with Crippen molar-refractivity contribution >= 4 is 130 Å². The van der Waals surface area contributed by atoms with Gasteiger partial charge in [-0.2, -0.15) is 5.26 Å². The molecule has 0 aliphatic heterocycles. The Morgan fingerprint density at radius 3 is 0.851 bits per heavy atom. The third kappa shape index (κ3) is 7.32. The third-order valence-corrected chi connectivity index (χ3v) is 19.9. The molecule has 0 fully saturated rings. The van der Waals surface area contributed by atoms with E-state index in [0.717, 1.165) is 187 Å². The maximum atomic E-state index is 13.6. The Balaban J connectivity index is 1.18. The summed E-state index contributed by atoms with van der Waals surface area (Å²) in [6, 6.07) is 118. The van der Waals surface area contributed by atoms with Gasteiger partial charge in [-0.05, 0) is 63.5 Å². The van der Waals surface area contributed by atoms with E-state index in [1.807, 2.05) is 0 Å². The maximum absolute atomic E-state index is 13.6. The SMILES string of the molecule is N#Cc1c(-c2cc(-c3ccccc3)nc(-c3ccccc3)c2)c(-n2c3ccccc3c3ccc4ccccc4c32)c(-n2c3ccccc3c3ccc4ccccc4c32)c(-n2c3ccccc3c3ccc4ccccc4c32)c1-n1c2ccccc2c2ccc3ccccc3c21. The lowest BCUT2D eigenvalue weighted by molar-refractivity contribution is 1.02. The van der Waals surface area contributed by atoms with Crippen molar-refractivity contribution in [2.75, 3.05) is 0 Å². The molecule has 6 nitrogen and oxygen atoms in total. The van der Waals surface area contributed by atoms with Crippen LogP contribution >= 0.6 is 0 Å². The topological polar surface area (TPSA) is 56.4 Å². The quantitative estimate of drug-likeness (QED) is 0.160. The van der Waals surface area contributed by atoms with Gasteiger partial charge in [0.1, 0.15) is 6.07 Å². The van der Waals surface area contributed by atoms with Crippen LogP contribution in [0.1, 0.15) is 5.56 Å². The van der Waals surface area contributed by atoms with E-state index < -0.39 is 0 Å². The van der Waals surface area contributed by atoms with Crippen LogP contribution in [0.15, 0.2) is 315 Å². The number of fused-ring (bicyclic) bond motifs is 20. The molecule has 0 unspecified atom stereocenters. The Morgan fingerprint density at radius 2 is 0.511 bits per heavy atom. The number of rotatable bonds is 7. The second-order valence-electron chi connectivity index (χ2n) is 24.8. The summed E-state index contributed by atoms with van der Waals surface area (Å²) < 4.78 is 10.2. The summed E-state index contributed by atoms with van der Waals surface area (Å²) in [6.45, 7) is 0. The number of para-hydroxylation sites is 4. The van der Waals surface area contributed by atoms with Gasteiger partial charge in [-0.3, -0.25) is 0 Å². The molecule has 0 aliphatic carbocycles. The summed E-state index contributed by atoms with van der Waals surface area (Å²) in [5.41, 5.74) is 17.0. The summed E-state index contributed by atoms with van der Waals surface area (Å²) >= 11 is 0. The van der Waals surface area contributed by atoms with Gasteiger partial charge in [-0.15, -0.1) is 0 Å². The van der Waals surface area contributed by atoms with Crippen LogP contribution in [0.3, 0.4) is 0 Å². The van der Waals surface area contributed by atoms with Crippen molar-refractivity contribution in [1.82, 2.24) is 23.3 Å². The number of hydrogen-bond donors (Lipinski definition) is 0. The van der Waals surface area contributed by atoms with Crippen LogP contribution in [-0.4, -0.2) is 23.3 Å². The van der Waals surface area contributed by atoms with Gasteiger partial charge in [0.15, 0.2) is 0 Å². The van der Waals surface area contributed by atoms with Gasteiger partial charge in [-0.1, -0.05) is 279 Å². The summed E-state index contributed by atoms with van der Waals surface area (Å²) in [6.07, 6.45) is 0. The molecule has 5 aromatic heterocycles. The van der Waals surface area contributed by atoms with E-state index in [1.54, 1.807) is 0 Å². The molecule has 0 atom stereocenters. The van der Waals surface area contributed by atoms with Gasteiger partial charge in [0.2, 0.25) is 0 Å². The Bertz CT molecular complexity index is 6610. The molecule has 6 heteroatoms. The average molecular weight is 1190 g/mol. The molecule has 20 rings (SSSR count). The largest absolute Gasteiger partial charge is 0.306 e. The normalized spacial score (nSPS) is 12.0. The van der Waals surface area contributed by atoms with Crippen LogP contribution in [0.5, 0.6) is 0 Å². The monoisotopic (exact) mass is 1190 g/mol. The molecule has 94 heavy (non-hydrogen) atoms. The van der Waals surface area contributed by atoms with Gasteiger partial charge in [0.05, 0.1) is 83.8 Å². The molecule has 0 radical (unpaired) electrons. The maximum Gasteiger partial charge on any atom is 0.102 e. The predicted octanol–water partition coefficient (Wildman–Crippen LogP) is 23.0. The minimum absolute atomic E-state index is 0.497. The van der Waals surface area contributed by atoms with E-state index in [2.05, 4.69) is 340 Å². The first-order chi connectivity index (χ1) is 46.7. The van der Waals surface area contributed by atoms with Crippen LogP contribution in [0.25, 0.3) is 187 Å². The van der Waals surface area contributed by atoms with Crippen LogP contribution in [-0.2, 0) is 0 Å². The molecule has 0 N–H and O–H groups in total. The average Bonchev–Trinajstić information content (AvgIpc) is 1.45. The minimum atomic E-state index is 0.497. The predicted molar refractivity (Wildman–Crippen MR) is 393 cm³/mol. The molecule has 0 aliphatic rings. The zero-order valence-electron chi connectivity index (χ0n) is 50.7. The van der Waals surface area contributed by atoms with Crippen LogP contribution in [0, 0.1) is 11.3 Å². The lowest BCUT2D eigenvalue weighted by Gasteiger charge is -2.30. The number of pyridine rings is 1. The van der Waals surface area contributed by atoms with E-state index >= 15 is 0 Å². The fraction of sp³-hybridized carbons (Fsp3) is 0. The van der Waals surface area contributed by atoms with Gasteiger partial charge >= 0.3 is 0 Å². The van der Waals surface area contributed by atoms with E-state index in [4.69, 9.17) is 4.98 Å². The molecule has 0 saturated carbocycles. The smallest absolute Gasteiger partial charge is 0.102 e. The van der Waals surface area contributed by atoms with Crippen molar-refractivity contribution in [1.29, 1.82) is 5.26 Å². The molecule has 5 heterocycles. The van der Waals surface area contributed by atoms with Gasteiger partial charge in [0, 0.05) is 81.3 Å². The van der Waals surface area contributed by atoms with Crippen LogP contribution in [0.2, 0.25) is 0 Å². The van der Waals surface area contributed by atoms with Gasteiger partial charge in [0.25, 0.3) is 0 Å². The van der Waals surface area contributed by atoms with Gasteiger partial charge in [-0.25, -0.2) is 4.98 Å². The Morgan fingerprint density at radius 1 is 0.234 bits per heavy atom. The van der Waals surface area contributed by atoms with E-state index in [1.165, 1.54) is 0 Å². The highest BCUT2D eigenvalue weighted by molar-refractivity contribution is 6.25. The summed E-state index contributed by atoms with van der Waals surface area (Å²) in [7, 11) is 0. The van der Waals surface area contributed by atoms with E-state index in [0.29, 0.717) is 5.56 Å². The van der Waals surface area contributed by atoms with Gasteiger partial charge < -0.3 is 18.3 Å². The summed E-state index contributed by atoms with van der Waals surface area (Å²) in [5.74, 6) is 0. The molecular formula is C88H52N6. The standard InChI is InChI=1S/C88H52N6/c89-53-73-80(60-51-74(58-27-3-1-4-28-58)90-75(52-60)59-29-5-2-6-30-59)86(92-77-40-20-16-36-66(77)70-48-44-55-24-8-12-32-62(55)82(70)92)88(94-79-42-22-18-38-68(79)72-50-46-57-26-10-14-34-64(57)84(72)94)87(93-78-41-21-17-37-67(78)71-49-45-56-25-9-13-33-63(56)83(71)93)85(73)91-76-39-19-15-35-65(76)69-47-43-54-23-7-11-31-61(54)81(69)91/h1-52H. The van der Waals surface area contributed by atoms with Crippen molar-refractivity contribution in [3.05, 3.63) is 321 Å². The second-order valence-corrected chi connectivity index (χ2v) is 24.8. The van der Waals surface area contributed by atoms with E-state index in [9.17, 15) is 5.26 Å². The van der Waals surface area contributed by atoms with Crippen molar-refractivity contribution in [3.8, 4) is 62.5 Å². The van der Waals surface area contributed by atoms with Crippen molar-refractivity contribution in [2.24, 2.45) is 0 Å². The highest BCUT2D eigenvalue weighted by Gasteiger charge is 2.37. The minimum Gasteiger partial charge on any atom is -0.306 e. The molecule has 15 aromatic carbocycles. The lowest BCUT2D eigenvalue weighted by atomic mass is 9.90. The number of benzene rings is 15. The number of aromatic nitrogens is 5. The number of hydrogen-bond acceptors (Lipinski definition) is 2. The molecule has 434 valence electrons.